The molecule has 2 heteroatoms. The first-order valence-electron chi connectivity index (χ1n) is 6.10. The molecule has 0 fully saturated rings. The molecule has 1 nitrogen and oxygen atoms in total. The Hall–Kier alpha value is -1.41. The molecule has 94 valence electrons. The summed E-state index contributed by atoms with van der Waals surface area (Å²) in [5.74, 6) is 0.212. The number of carbonyl (C=O) groups excluding carboxylic acids is 1. The lowest BCUT2D eigenvalue weighted by atomic mass is 9.79. The van der Waals surface area contributed by atoms with E-state index in [1.165, 1.54) is 4.88 Å². The molecule has 18 heavy (non-hydrogen) atoms. The molecule has 0 saturated carbocycles. The Morgan fingerprint density at radius 3 is 2.22 bits per heavy atom. The van der Waals surface area contributed by atoms with Crippen molar-refractivity contribution in [1.82, 2.24) is 0 Å². The molecule has 0 bridgehead atoms. The number of hydrogen-bond acceptors (Lipinski definition) is 2. The smallest absolute Gasteiger partial charge is 0.182 e. The fraction of sp³-hybridized carbons (Fsp3) is 0.312. The van der Waals surface area contributed by atoms with Crippen molar-refractivity contribution in [3.8, 4) is 0 Å². The van der Waals surface area contributed by atoms with Gasteiger partial charge in [-0.05, 0) is 44.9 Å². The number of aryl methyl sites for hydroxylation is 2. The third-order valence-corrected chi connectivity index (χ3v) is 4.46. The summed E-state index contributed by atoms with van der Waals surface area (Å²) >= 11 is 1.59. The first-order chi connectivity index (χ1) is 8.43. The van der Waals surface area contributed by atoms with Gasteiger partial charge in [-0.25, -0.2) is 0 Å². The number of benzene rings is 1. The van der Waals surface area contributed by atoms with Crippen molar-refractivity contribution >= 4 is 17.1 Å². The van der Waals surface area contributed by atoms with Crippen LogP contribution in [0.5, 0.6) is 0 Å². The normalized spacial score (nSPS) is 11.6. The van der Waals surface area contributed by atoms with Crippen molar-refractivity contribution in [2.45, 2.75) is 33.1 Å². The minimum Gasteiger partial charge on any atom is -0.292 e. The molecular weight excluding hydrogens is 240 g/mol. The maximum absolute atomic E-state index is 12.7. The second-order valence-electron chi connectivity index (χ2n) is 5.19. The van der Waals surface area contributed by atoms with Crippen molar-refractivity contribution in [3.63, 3.8) is 0 Å². The van der Waals surface area contributed by atoms with Crippen LogP contribution in [0.15, 0.2) is 36.4 Å². The molecule has 0 unspecified atom stereocenters. The van der Waals surface area contributed by atoms with Crippen LogP contribution in [0.4, 0.5) is 0 Å². The Labute approximate surface area is 112 Å². The number of hydrogen-bond donors (Lipinski definition) is 0. The van der Waals surface area contributed by atoms with Gasteiger partial charge in [-0.3, -0.25) is 4.79 Å². The summed E-state index contributed by atoms with van der Waals surface area (Å²) in [6, 6.07) is 12.1. The Kier molecular flexibility index (Phi) is 3.40. The molecule has 1 heterocycles. The van der Waals surface area contributed by atoms with Crippen LogP contribution < -0.4 is 0 Å². The highest BCUT2D eigenvalue weighted by molar-refractivity contribution is 7.14. The highest BCUT2D eigenvalue weighted by atomic mass is 32.1. The summed E-state index contributed by atoms with van der Waals surface area (Å²) in [7, 11) is 0. The molecule has 0 amide bonds. The van der Waals surface area contributed by atoms with Gasteiger partial charge in [0.15, 0.2) is 5.78 Å². The monoisotopic (exact) mass is 258 g/mol. The summed E-state index contributed by atoms with van der Waals surface area (Å²) in [5.41, 5.74) is 1.69. The van der Waals surface area contributed by atoms with E-state index in [-0.39, 0.29) is 5.78 Å². The summed E-state index contributed by atoms with van der Waals surface area (Å²) in [6.45, 7) is 8.06. The topological polar surface area (TPSA) is 17.1 Å². The maximum atomic E-state index is 12.7. The van der Waals surface area contributed by atoms with Gasteiger partial charge in [-0.2, -0.15) is 0 Å². The van der Waals surface area contributed by atoms with E-state index in [0.717, 1.165) is 16.0 Å². The van der Waals surface area contributed by atoms with Crippen LogP contribution in [0, 0.1) is 13.8 Å². The first-order valence-corrected chi connectivity index (χ1v) is 6.92. The third-order valence-electron chi connectivity index (χ3n) is 3.31. The zero-order valence-corrected chi connectivity index (χ0v) is 12.1. The van der Waals surface area contributed by atoms with Crippen molar-refractivity contribution in [3.05, 3.63) is 57.3 Å². The summed E-state index contributed by atoms with van der Waals surface area (Å²) < 4.78 is 0. The molecule has 0 N–H and O–H groups in total. The van der Waals surface area contributed by atoms with Gasteiger partial charge in [0.05, 0.1) is 10.3 Å². The van der Waals surface area contributed by atoms with E-state index in [4.69, 9.17) is 0 Å². The Bertz CT molecular complexity index is 564. The summed E-state index contributed by atoms with van der Waals surface area (Å²) in [4.78, 5) is 14.8. The standard InChI is InChI=1S/C16H18OS/c1-11-10-12(2)18-14(11)15(17)16(3,4)13-8-6-5-7-9-13/h5-10H,1-4H3. The predicted octanol–water partition coefficient (Wildman–Crippen LogP) is 4.53. The van der Waals surface area contributed by atoms with Crippen LogP contribution in [0.1, 0.15) is 39.5 Å². The Balaban J connectivity index is 2.42. The lowest BCUT2D eigenvalue weighted by Gasteiger charge is -2.23. The maximum Gasteiger partial charge on any atom is 0.182 e. The first kappa shape index (κ1) is 13.0. The van der Waals surface area contributed by atoms with Crippen LogP contribution in [0.2, 0.25) is 0 Å². The molecular formula is C16H18OS. The largest absolute Gasteiger partial charge is 0.292 e. The van der Waals surface area contributed by atoms with Crippen LogP contribution >= 0.6 is 11.3 Å². The number of Topliss-reactive ketones (excluding diaryl/α,β-unsaturated/α-hetero) is 1. The lowest BCUT2D eigenvalue weighted by Crippen LogP contribution is -2.28. The van der Waals surface area contributed by atoms with Crippen molar-refractivity contribution in [1.29, 1.82) is 0 Å². The predicted molar refractivity (Wildman–Crippen MR) is 77.6 cm³/mol. The van der Waals surface area contributed by atoms with E-state index in [2.05, 4.69) is 6.07 Å². The van der Waals surface area contributed by atoms with Crippen molar-refractivity contribution < 1.29 is 4.79 Å². The minimum atomic E-state index is -0.469. The average molecular weight is 258 g/mol. The Morgan fingerprint density at radius 2 is 1.72 bits per heavy atom. The molecule has 2 aromatic rings. The van der Waals surface area contributed by atoms with Gasteiger partial charge < -0.3 is 0 Å². The molecule has 1 aromatic carbocycles. The number of rotatable bonds is 3. The van der Waals surface area contributed by atoms with E-state index in [9.17, 15) is 4.79 Å². The zero-order chi connectivity index (χ0) is 13.3. The van der Waals surface area contributed by atoms with Crippen LogP contribution in [-0.4, -0.2) is 5.78 Å². The SMILES string of the molecule is Cc1cc(C)c(C(=O)C(C)(C)c2ccccc2)s1. The van der Waals surface area contributed by atoms with Crippen LogP contribution in [0.3, 0.4) is 0 Å². The van der Waals surface area contributed by atoms with E-state index in [1.54, 1.807) is 11.3 Å². The van der Waals surface area contributed by atoms with Gasteiger partial charge in [0.25, 0.3) is 0 Å². The molecule has 0 aliphatic rings. The molecule has 0 saturated heterocycles. The molecule has 1 aromatic heterocycles. The highest BCUT2D eigenvalue weighted by Gasteiger charge is 2.32. The fourth-order valence-corrected chi connectivity index (χ4v) is 3.26. The van der Waals surface area contributed by atoms with E-state index < -0.39 is 5.41 Å². The average Bonchev–Trinajstić information content (AvgIpc) is 2.68. The van der Waals surface area contributed by atoms with Crippen molar-refractivity contribution in [2.24, 2.45) is 0 Å². The van der Waals surface area contributed by atoms with Gasteiger partial charge >= 0.3 is 0 Å². The molecule has 0 aliphatic carbocycles. The van der Waals surface area contributed by atoms with E-state index in [0.29, 0.717) is 0 Å². The van der Waals surface area contributed by atoms with Gasteiger partial charge in [0, 0.05) is 4.88 Å². The number of ketones is 1. The van der Waals surface area contributed by atoms with Crippen LogP contribution in [0.25, 0.3) is 0 Å². The van der Waals surface area contributed by atoms with Gasteiger partial charge in [0.2, 0.25) is 0 Å². The quantitative estimate of drug-likeness (QED) is 0.739. The third kappa shape index (κ3) is 2.25. The Morgan fingerprint density at radius 1 is 1.11 bits per heavy atom. The fourth-order valence-electron chi connectivity index (χ4n) is 2.14. The highest BCUT2D eigenvalue weighted by Crippen LogP contribution is 2.32. The second kappa shape index (κ2) is 4.69. The molecule has 0 aliphatic heterocycles. The zero-order valence-electron chi connectivity index (χ0n) is 11.3. The van der Waals surface area contributed by atoms with E-state index >= 15 is 0 Å². The lowest BCUT2D eigenvalue weighted by molar-refractivity contribution is 0.0912. The van der Waals surface area contributed by atoms with Gasteiger partial charge in [-0.15, -0.1) is 11.3 Å². The molecule has 0 atom stereocenters. The van der Waals surface area contributed by atoms with Gasteiger partial charge in [0.1, 0.15) is 0 Å². The minimum absolute atomic E-state index is 0.212. The number of carbonyl (C=O) groups is 1. The molecule has 2 rings (SSSR count). The van der Waals surface area contributed by atoms with Crippen LogP contribution in [-0.2, 0) is 5.41 Å². The van der Waals surface area contributed by atoms with E-state index in [1.807, 2.05) is 58.0 Å². The van der Waals surface area contributed by atoms with Crippen molar-refractivity contribution in [2.75, 3.05) is 0 Å². The van der Waals surface area contributed by atoms with Gasteiger partial charge in [-0.1, -0.05) is 30.3 Å². The second-order valence-corrected chi connectivity index (χ2v) is 6.45. The molecule has 0 spiro atoms. The molecule has 0 radical (unpaired) electrons. The number of thiophene rings is 1. The summed E-state index contributed by atoms with van der Waals surface area (Å²) in [6.07, 6.45) is 0. The summed E-state index contributed by atoms with van der Waals surface area (Å²) in [5, 5.41) is 0.